The summed E-state index contributed by atoms with van der Waals surface area (Å²) in [6.07, 6.45) is -4.57. The number of halogens is 4. The first-order valence-corrected chi connectivity index (χ1v) is 10.8. The average Bonchev–Trinajstić information content (AvgIpc) is 3.27. The molecule has 4 aromatic rings. The summed E-state index contributed by atoms with van der Waals surface area (Å²) in [6, 6.07) is 20.6. The third-order valence-corrected chi connectivity index (χ3v) is 6.07. The number of tetrazole rings is 1. The van der Waals surface area contributed by atoms with Crippen molar-refractivity contribution in [2.45, 2.75) is 16.6 Å². The Balaban J connectivity index is 1.66. The number of hydrogen-bond donors (Lipinski definition) is 1. The maximum atomic E-state index is 13.3. The molecule has 4 rings (SSSR count). The fourth-order valence-corrected chi connectivity index (χ4v) is 4.15. The predicted octanol–water partition coefficient (Wildman–Crippen LogP) is 5.81. The summed E-state index contributed by atoms with van der Waals surface area (Å²) in [5, 5.41) is 13.7. The number of amides is 1. The van der Waals surface area contributed by atoms with E-state index in [1.807, 2.05) is 18.2 Å². The molecule has 33 heavy (non-hydrogen) atoms. The number of nitrogens with zero attached hydrogens (tertiary/aromatic N) is 4. The van der Waals surface area contributed by atoms with Gasteiger partial charge in [-0.3, -0.25) is 4.79 Å². The van der Waals surface area contributed by atoms with E-state index in [1.54, 1.807) is 42.5 Å². The van der Waals surface area contributed by atoms with Gasteiger partial charge in [-0.25, -0.2) is 0 Å². The molecule has 1 aromatic heterocycles. The lowest BCUT2D eigenvalue weighted by atomic mass is 10.1. The topological polar surface area (TPSA) is 72.7 Å². The van der Waals surface area contributed by atoms with Gasteiger partial charge in [-0.2, -0.15) is 17.9 Å². The van der Waals surface area contributed by atoms with Gasteiger partial charge >= 0.3 is 6.18 Å². The van der Waals surface area contributed by atoms with E-state index in [0.29, 0.717) is 16.4 Å². The first-order chi connectivity index (χ1) is 15.8. The number of hydrogen-bond acceptors (Lipinski definition) is 5. The molecule has 0 aliphatic heterocycles. The van der Waals surface area contributed by atoms with Crippen molar-refractivity contribution in [3.05, 3.63) is 95.0 Å². The molecule has 0 aliphatic carbocycles. The third-order valence-electron chi connectivity index (χ3n) is 4.56. The standard InChI is InChI=1S/C22H15ClF3N5OS/c23-17-12-11-15(22(24,25)26)13-18(17)27-20(32)19(14-7-3-1-4-8-14)33-21-28-29-30-31(21)16-9-5-2-6-10-16/h1-13,19H,(H,27,32). The first kappa shape index (κ1) is 22.8. The number of nitrogens with one attached hydrogen (secondary N) is 1. The molecular weight excluding hydrogens is 475 g/mol. The number of carbonyl (C=O) groups excluding carboxylic acids is 1. The van der Waals surface area contributed by atoms with E-state index < -0.39 is 22.9 Å². The van der Waals surface area contributed by atoms with Crippen LogP contribution in [-0.2, 0) is 11.0 Å². The number of rotatable bonds is 6. The average molecular weight is 490 g/mol. The van der Waals surface area contributed by atoms with Gasteiger partial charge in [0.05, 0.1) is 22.0 Å². The second kappa shape index (κ2) is 9.63. The van der Waals surface area contributed by atoms with Crippen molar-refractivity contribution in [3.8, 4) is 5.69 Å². The normalized spacial score (nSPS) is 12.4. The Labute approximate surface area is 195 Å². The van der Waals surface area contributed by atoms with Gasteiger partial charge in [0, 0.05) is 0 Å². The third kappa shape index (κ3) is 5.35. The van der Waals surface area contributed by atoms with Crippen LogP contribution in [0.3, 0.4) is 0 Å². The van der Waals surface area contributed by atoms with Gasteiger partial charge in [-0.1, -0.05) is 71.9 Å². The monoisotopic (exact) mass is 489 g/mol. The molecule has 0 saturated heterocycles. The van der Waals surface area contributed by atoms with Crippen LogP contribution in [-0.4, -0.2) is 26.1 Å². The lowest BCUT2D eigenvalue weighted by Gasteiger charge is -2.18. The molecule has 0 saturated carbocycles. The Kier molecular flexibility index (Phi) is 6.66. The van der Waals surface area contributed by atoms with Crippen LogP contribution in [0.4, 0.5) is 18.9 Å². The minimum atomic E-state index is -4.57. The summed E-state index contributed by atoms with van der Waals surface area (Å²) in [4.78, 5) is 13.3. The highest BCUT2D eigenvalue weighted by atomic mass is 35.5. The largest absolute Gasteiger partial charge is 0.416 e. The molecule has 0 aliphatic rings. The van der Waals surface area contributed by atoms with Crippen LogP contribution in [0.5, 0.6) is 0 Å². The van der Waals surface area contributed by atoms with Crippen LogP contribution >= 0.6 is 23.4 Å². The highest BCUT2D eigenvalue weighted by Crippen LogP contribution is 2.38. The molecule has 11 heteroatoms. The molecule has 1 heterocycles. The zero-order valence-corrected chi connectivity index (χ0v) is 18.3. The Morgan fingerprint density at radius 2 is 1.67 bits per heavy atom. The Morgan fingerprint density at radius 1 is 1.00 bits per heavy atom. The highest BCUT2D eigenvalue weighted by Gasteiger charge is 2.32. The maximum absolute atomic E-state index is 13.3. The smallest absolute Gasteiger partial charge is 0.323 e. The zero-order valence-electron chi connectivity index (χ0n) is 16.7. The molecule has 0 bridgehead atoms. The SMILES string of the molecule is O=C(Nc1cc(C(F)(F)F)ccc1Cl)C(Sc1nnnn1-c1ccccc1)c1ccccc1. The van der Waals surface area contributed by atoms with E-state index in [4.69, 9.17) is 11.6 Å². The summed E-state index contributed by atoms with van der Waals surface area (Å²) >= 11 is 7.13. The van der Waals surface area contributed by atoms with E-state index in [2.05, 4.69) is 20.8 Å². The van der Waals surface area contributed by atoms with Crippen LogP contribution in [0.15, 0.2) is 84.0 Å². The lowest BCUT2D eigenvalue weighted by molar-refractivity contribution is -0.137. The maximum Gasteiger partial charge on any atom is 0.416 e. The van der Waals surface area contributed by atoms with Crippen molar-refractivity contribution in [3.63, 3.8) is 0 Å². The predicted molar refractivity (Wildman–Crippen MR) is 119 cm³/mol. The number of benzene rings is 3. The van der Waals surface area contributed by atoms with Crippen LogP contribution in [0.25, 0.3) is 5.69 Å². The van der Waals surface area contributed by atoms with E-state index >= 15 is 0 Å². The molecule has 1 unspecified atom stereocenters. The molecule has 0 fully saturated rings. The fourth-order valence-electron chi connectivity index (χ4n) is 2.99. The van der Waals surface area contributed by atoms with E-state index in [1.165, 1.54) is 4.68 Å². The summed E-state index contributed by atoms with van der Waals surface area (Å²) in [5.41, 5.74) is 0.253. The number of aromatic nitrogens is 4. The van der Waals surface area contributed by atoms with Crippen LogP contribution in [0.1, 0.15) is 16.4 Å². The minimum absolute atomic E-state index is 0.0118. The van der Waals surface area contributed by atoms with E-state index in [-0.39, 0.29) is 10.7 Å². The number of para-hydroxylation sites is 1. The summed E-state index contributed by atoms with van der Waals surface area (Å²) in [5.74, 6) is -0.574. The van der Waals surface area contributed by atoms with Gasteiger partial charge < -0.3 is 5.32 Å². The quantitative estimate of drug-likeness (QED) is 0.346. The van der Waals surface area contributed by atoms with Crippen molar-refractivity contribution in [2.24, 2.45) is 0 Å². The molecule has 1 amide bonds. The fraction of sp³-hybridized carbons (Fsp3) is 0.0909. The van der Waals surface area contributed by atoms with Crippen molar-refractivity contribution in [2.75, 3.05) is 5.32 Å². The molecule has 1 atom stereocenters. The summed E-state index contributed by atoms with van der Waals surface area (Å²) < 4.78 is 40.9. The van der Waals surface area contributed by atoms with Crippen LogP contribution < -0.4 is 5.32 Å². The Morgan fingerprint density at radius 3 is 2.33 bits per heavy atom. The Hall–Kier alpha value is -3.37. The van der Waals surface area contributed by atoms with Gasteiger partial charge in [0.15, 0.2) is 0 Å². The van der Waals surface area contributed by atoms with Crippen molar-refractivity contribution < 1.29 is 18.0 Å². The van der Waals surface area contributed by atoms with Gasteiger partial charge in [-0.15, -0.1) is 5.10 Å². The van der Waals surface area contributed by atoms with Crippen molar-refractivity contribution in [1.29, 1.82) is 0 Å². The molecule has 0 spiro atoms. The van der Waals surface area contributed by atoms with Gasteiger partial charge in [0.1, 0.15) is 5.25 Å². The molecule has 6 nitrogen and oxygen atoms in total. The Bertz CT molecular complexity index is 1250. The number of carbonyl (C=O) groups is 1. The van der Waals surface area contributed by atoms with E-state index in [9.17, 15) is 18.0 Å². The molecule has 0 radical (unpaired) electrons. The van der Waals surface area contributed by atoms with Crippen LogP contribution in [0.2, 0.25) is 5.02 Å². The number of alkyl halides is 3. The molecule has 168 valence electrons. The van der Waals surface area contributed by atoms with Gasteiger partial charge in [0.25, 0.3) is 0 Å². The van der Waals surface area contributed by atoms with Gasteiger partial charge in [-0.05, 0) is 46.3 Å². The van der Waals surface area contributed by atoms with Crippen LogP contribution in [0, 0.1) is 0 Å². The molecular formula is C22H15ClF3N5OS. The molecule has 1 N–H and O–H groups in total. The van der Waals surface area contributed by atoms with Gasteiger partial charge in [0.2, 0.25) is 11.1 Å². The highest BCUT2D eigenvalue weighted by molar-refractivity contribution is 8.00. The van der Waals surface area contributed by atoms with Crippen molar-refractivity contribution in [1.82, 2.24) is 20.2 Å². The van der Waals surface area contributed by atoms with Crippen molar-refractivity contribution >= 4 is 35.0 Å². The number of anilines is 1. The summed E-state index contributed by atoms with van der Waals surface area (Å²) in [7, 11) is 0. The second-order valence-electron chi connectivity index (χ2n) is 6.80. The summed E-state index contributed by atoms with van der Waals surface area (Å²) in [6.45, 7) is 0. The minimum Gasteiger partial charge on any atom is -0.323 e. The first-order valence-electron chi connectivity index (χ1n) is 9.56. The van der Waals surface area contributed by atoms with E-state index in [0.717, 1.165) is 30.0 Å². The number of thioether (sulfide) groups is 1. The lowest BCUT2D eigenvalue weighted by Crippen LogP contribution is -2.20. The second-order valence-corrected chi connectivity index (χ2v) is 8.28. The zero-order chi connectivity index (χ0) is 23.4. The molecule has 3 aromatic carbocycles.